The Hall–Kier alpha value is -4.13. The Morgan fingerprint density at radius 2 is 1.53 bits per heavy atom. The molecule has 0 spiro atoms. The van der Waals surface area contributed by atoms with Crippen molar-refractivity contribution in [2.45, 2.75) is 39.3 Å². The van der Waals surface area contributed by atoms with E-state index >= 15 is 0 Å². The third-order valence-corrected chi connectivity index (χ3v) is 5.97. The van der Waals surface area contributed by atoms with E-state index in [9.17, 15) is 14.7 Å². The molecule has 1 amide bonds. The average Bonchev–Trinajstić information content (AvgIpc) is 3.05. The minimum atomic E-state index is -0.800. The summed E-state index contributed by atoms with van der Waals surface area (Å²) >= 11 is 0. The average molecular weight is 457 g/mol. The largest absolute Gasteiger partial charge is 0.507 e. The number of nitrogens with one attached hydrogen (secondary N) is 1. The highest BCUT2D eigenvalue weighted by molar-refractivity contribution is 6.02. The van der Waals surface area contributed by atoms with E-state index < -0.39 is 11.3 Å². The third kappa shape index (κ3) is 4.24. The summed E-state index contributed by atoms with van der Waals surface area (Å²) in [6.45, 7) is 6.06. The Labute approximate surface area is 197 Å². The summed E-state index contributed by atoms with van der Waals surface area (Å²) < 4.78 is 3.53. The number of amides is 1. The van der Waals surface area contributed by atoms with Gasteiger partial charge >= 0.3 is 0 Å². The number of Topliss-reactive ketones (excluding diaryl/α,β-unsaturated/α-hetero) is 1. The molecule has 0 bridgehead atoms. The van der Waals surface area contributed by atoms with Crippen LogP contribution in [0.25, 0.3) is 11.0 Å². The van der Waals surface area contributed by atoms with E-state index in [-0.39, 0.29) is 34.8 Å². The highest BCUT2D eigenvalue weighted by atomic mass is 16.3. The quantitative estimate of drug-likeness (QED) is 0.382. The lowest BCUT2D eigenvalue weighted by Gasteiger charge is -2.22. The molecule has 0 aliphatic rings. The number of phenols is 1. The fourth-order valence-corrected chi connectivity index (χ4v) is 4.17. The molecule has 34 heavy (non-hydrogen) atoms. The van der Waals surface area contributed by atoms with Gasteiger partial charge in [-0.1, -0.05) is 63.2 Å². The van der Waals surface area contributed by atoms with Gasteiger partial charge in [-0.25, -0.2) is 0 Å². The van der Waals surface area contributed by atoms with E-state index in [0.29, 0.717) is 12.1 Å². The molecule has 0 radical (unpaired) electrons. The first kappa shape index (κ1) is 23.0. The van der Waals surface area contributed by atoms with Gasteiger partial charge in [-0.3, -0.25) is 15.0 Å². The smallest absolute Gasteiger partial charge is 0.252 e. The maximum absolute atomic E-state index is 13.4. The van der Waals surface area contributed by atoms with Crippen LogP contribution in [0.2, 0.25) is 0 Å². The number of hydrogen-bond donors (Lipinski definition) is 3. The summed E-state index contributed by atoms with van der Waals surface area (Å²) in [5.74, 6) is -1.29. The summed E-state index contributed by atoms with van der Waals surface area (Å²) in [5, 5.41) is 19.4. The predicted molar refractivity (Wildman–Crippen MR) is 131 cm³/mol. The Bertz CT molecular complexity index is 1460. The fraction of sp³-hybridized carbons (Fsp3) is 0.222. The molecule has 4 rings (SSSR count). The van der Waals surface area contributed by atoms with Crippen LogP contribution in [0.5, 0.6) is 5.75 Å². The van der Waals surface area contributed by atoms with E-state index in [0.717, 1.165) is 16.6 Å². The minimum absolute atomic E-state index is 0.0848. The SMILES string of the molecule is CC(C)(C)c1cc(C(=O)Cn2c(=N)n(Cc3ccccc3)c3ccccc32)cc(C(N)=O)c1O. The van der Waals surface area contributed by atoms with Crippen molar-refractivity contribution in [3.63, 3.8) is 0 Å². The molecule has 7 heteroatoms. The minimum Gasteiger partial charge on any atom is -0.507 e. The molecule has 4 N–H and O–H groups in total. The number of benzene rings is 3. The Morgan fingerprint density at radius 3 is 2.12 bits per heavy atom. The first-order valence-electron chi connectivity index (χ1n) is 11.0. The third-order valence-electron chi connectivity index (χ3n) is 5.97. The van der Waals surface area contributed by atoms with Gasteiger partial charge in [0.15, 0.2) is 5.78 Å². The first-order valence-corrected chi connectivity index (χ1v) is 11.0. The van der Waals surface area contributed by atoms with E-state index in [1.807, 2.05) is 79.9 Å². The zero-order chi connectivity index (χ0) is 24.6. The fourth-order valence-electron chi connectivity index (χ4n) is 4.17. The predicted octanol–water partition coefficient (Wildman–Crippen LogP) is 3.96. The number of imidazole rings is 1. The molecule has 0 saturated carbocycles. The van der Waals surface area contributed by atoms with Crippen molar-refractivity contribution >= 4 is 22.7 Å². The van der Waals surface area contributed by atoms with Crippen molar-refractivity contribution in [3.05, 3.63) is 94.6 Å². The number of carbonyl (C=O) groups excluding carboxylic acids is 2. The van der Waals surface area contributed by atoms with Gasteiger partial charge in [0.2, 0.25) is 5.62 Å². The molecule has 4 aromatic rings. The number of rotatable bonds is 6. The number of nitrogens with zero attached hydrogens (tertiary/aromatic N) is 2. The van der Waals surface area contributed by atoms with E-state index in [1.165, 1.54) is 6.07 Å². The maximum Gasteiger partial charge on any atom is 0.252 e. The number of aromatic hydroxyl groups is 1. The molecule has 0 unspecified atom stereocenters. The van der Waals surface area contributed by atoms with Gasteiger partial charge in [0.1, 0.15) is 5.75 Å². The Kier molecular flexibility index (Phi) is 5.87. The number of hydrogen-bond acceptors (Lipinski definition) is 4. The van der Waals surface area contributed by atoms with E-state index in [1.54, 1.807) is 10.6 Å². The summed E-state index contributed by atoms with van der Waals surface area (Å²) in [6.07, 6.45) is 0. The van der Waals surface area contributed by atoms with E-state index in [2.05, 4.69) is 0 Å². The van der Waals surface area contributed by atoms with Crippen molar-refractivity contribution in [1.29, 1.82) is 5.41 Å². The van der Waals surface area contributed by atoms with Crippen LogP contribution >= 0.6 is 0 Å². The lowest BCUT2D eigenvalue weighted by molar-refractivity contribution is 0.0971. The summed E-state index contributed by atoms with van der Waals surface area (Å²) in [5.41, 5.74) is 8.48. The lowest BCUT2D eigenvalue weighted by atomic mass is 9.83. The van der Waals surface area contributed by atoms with Crippen molar-refractivity contribution in [2.75, 3.05) is 0 Å². The number of aromatic nitrogens is 2. The van der Waals surface area contributed by atoms with Crippen molar-refractivity contribution in [3.8, 4) is 5.75 Å². The highest BCUT2D eigenvalue weighted by Crippen LogP contribution is 2.34. The van der Waals surface area contributed by atoms with Gasteiger partial charge in [0, 0.05) is 11.1 Å². The normalized spacial score (nSPS) is 11.6. The number of carbonyl (C=O) groups is 2. The van der Waals surface area contributed by atoms with Crippen LogP contribution < -0.4 is 11.4 Å². The molecule has 1 heterocycles. The van der Waals surface area contributed by atoms with Crippen LogP contribution in [0.3, 0.4) is 0 Å². The molecule has 174 valence electrons. The molecule has 3 aromatic carbocycles. The van der Waals surface area contributed by atoms with Crippen LogP contribution in [0.15, 0.2) is 66.7 Å². The second-order valence-electron chi connectivity index (χ2n) is 9.43. The van der Waals surface area contributed by atoms with Crippen LogP contribution in [0.1, 0.15) is 52.6 Å². The van der Waals surface area contributed by atoms with Crippen molar-refractivity contribution in [1.82, 2.24) is 9.13 Å². The molecule has 0 aliphatic heterocycles. The zero-order valence-electron chi connectivity index (χ0n) is 19.5. The van der Waals surface area contributed by atoms with Gasteiger partial charge in [0.05, 0.1) is 29.7 Å². The van der Waals surface area contributed by atoms with Crippen molar-refractivity contribution in [2.24, 2.45) is 5.73 Å². The molecule has 0 atom stereocenters. The van der Waals surface area contributed by atoms with Crippen LogP contribution in [0, 0.1) is 5.41 Å². The highest BCUT2D eigenvalue weighted by Gasteiger charge is 2.25. The molecule has 0 aliphatic carbocycles. The Morgan fingerprint density at radius 1 is 0.941 bits per heavy atom. The maximum atomic E-state index is 13.4. The van der Waals surface area contributed by atoms with Gasteiger partial charge in [0.25, 0.3) is 5.91 Å². The van der Waals surface area contributed by atoms with Gasteiger partial charge in [-0.15, -0.1) is 0 Å². The molecule has 7 nitrogen and oxygen atoms in total. The van der Waals surface area contributed by atoms with Crippen LogP contribution in [0.4, 0.5) is 0 Å². The van der Waals surface area contributed by atoms with Crippen LogP contribution in [-0.2, 0) is 18.5 Å². The first-order chi connectivity index (χ1) is 16.1. The molecule has 1 aromatic heterocycles. The zero-order valence-corrected chi connectivity index (χ0v) is 19.5. The van der Waals surface area contributed by atoms with Crippen molar-refractivity contribution < 1.29 is 14.7 Å². The van der Waals surface area contributed by atoms with Gasteiger partial charge < -0.3 is 20.0 Å². The molecular formula is C27H28N4O3. The molecule has 0 fully saturated rings. The topological polar surface area (TPSA) is 114 Å². The van der Waals surface area contributed by atoms with Gasteiger partial charge in [-0.2, -0.15) is 0 Å². The van der Waals surface area contributed by atoms with Gasteiger partial charge in [-0.05, 0) is 35.2 Å². The molecule has 0 saturated heterocycles. The summed E-state index contributed by atoms with van der Waals surface area (Å²) in [6, 6.07) is 20.4. The summed E-state index contributed by atoms with van der Waals surface area (Å²) in [4.78, 5) is 25.3. The van der Waals surface area contributed by atoms with E-state index in [4.69, 9.17) is 11.1 Å². The number of ketones is 1. The molecular weight excluding hydrogens is 428 g/mol. The monoisotopic (exact) mass is 456 g/mol. The standard InChI is InChI=1S/C27H28N4O3/c1-27(2,3)20-14-18(13-19(24(20)33)25(28)34)23(32)16-31-22-12-8-7-11-21(22)30(26(31)29)15-17-9-5-4-6-10-17/h4-14,29,33H,15-16H2,1-3H3,(H2,28,34). The number of para-hydroxylation sites is 2. The number of fused-ring (bicyclic) bond motifs is 1. The second kappa shape index (κ2) is 8.67. The Balaban J connectivity index is 1.79. The van der Waals surface area contributed by atoms with Crippen LogP contribution in [-0.4, -0.2) is 25.9 Å². The number of primary amides is 1. The number of nitrogens with two attached hydrogens (primary N) is 1. The lowest BCUT2D eigenvalue weighted by Crippen LogP contribution is -2.28. The second-order valence-corrected chi connectivity index (χ2v) is 9.43. The summed E-state index contributed by atoms with van der Waals surface area (Å²) in [7, 11) is 0.